The maximum Gasteiger partial charge on any atom is 0.134 e. The van der Waals surface area contributed by atoms with E-state index in [0.717, 1.165) is 22.1 Å². The average molecular weight is 199 g/mol. The van der Waals surface area contributed by atoms with E-state index in [1.165, 1.54) is 0 Å². The molecule has 3 rings (SSSR count). The summed E-state index contributed by atoms with van der Waals surface area (Å²) in [5, 5.41) is 14.3. The molecule has 0 aliphatic carbocycles. The van der Waals surface area contributed by atoms with Crippen molar-refractivity contribution in [1.29, 1.82) is 0 Å². The molecule has 0 fully saturated rings. The van der Waals surface area contributed by atoms with E-state index in [0.29, 0.717) is 12.3 Å². The van der Waals surface area contributed by atoms with Crippen LogP contribution in [0.2, 0.25) is 0 Å². The Morgan fingerprint density at radius 2 is 1.93 bits per heavy atom. The van der Waals surface area contributed by atoms with E-state index < -0.39 is 0 Å². The van der Waals surface area contributed by atoms with E-state index in [-0.39, 0.29) is 0 Å². The van der Waals surface area contributed by atoms with Crippen LogP contribution in [0.4, 0.5) is 0 Å². The first-order valence-corrected chi connectivity index (χ1v) is 4.76. The van der Waals surface area contributed by atoms with Crippen LogP contribution in [0.5, 0.6) is 5.75 Å². The summed E-state index contributed by atoms with van der Waals surface area (Å²) in [7, 11) is 0. The lowest BCUT2D eigenvalue weighted by Gasteiger charge is -2.18. The quantitative estimate of drug-likeness (QED) is 0.523. The summed E-state index contributed by atoms with van der Waals surface area (Å²) in [4.78, 5) is 0. The lowest BCUT2D eigenvalue weighted by atomic mass is 9.98. The number of nitrogens with zero attached hydrogens (tertiary/aromatic N) is 1. The van der Waals surface area contributed by atoms with Gasteiger partial charge in [0.05, 0.1) is 0 Å². The summed E-state index contributed by atoms with van der Waals surface area (Å²) in [6.07, 6.45) is 0. The highest BCUT2D eigenvalue weighted by atomic mass is 16.5. The van der Waals surface area contributed by atoms with Gasteiger partial charge in [-0.15, -0.1) is 0 Å². The topological polar surface area (TPSA) is 41.8 Å². The number of rotatable bonds is 0. The molecular weight excluding hydrogens is 190 g/mol. The number of hydrogen-bond acceptors (Lipinski definition) is 3. The van der Waals surface area contributed by atoms with Crippen molar-refractivity contribution in [3.05, 3.63) is 42.0 Å². The van der Waals surface area contributed by atoms with Crippen molar-refractivity contribution < 1.29 is 9.94 Å². The normalized spacial score (nSPS) is 16.7. The smallest absolute Gasteiger partial charge is 0.134 e. The lowest BCUT2D eigenvalue weighted by molar-refractivity contribution is 0.307. The van der Waals surface area contributed by atoms with Crippen LogP contribution in [0, 0.1) is 0 Å². The molecule has 0 saturated heterocycles. The molecule has 74 valence electrons. The standard InChI is InChI=1S/C12H9NO2/c14-13-10-7-15-11-6-2-4-8-3-1-5-9(10)12(8)11/h1-6,14H,7H2/b13-10-. The molecule has 1 aliphatic rings. The molecule has 3 nitrogen and oxygen atoms in total. The van der Waals surface area contributed by atoms with Gasteiger partial charge in [0.1, 0.15) is 18.1 Å². The second kappa shape index (κ2) is 2.98. The van der Waals surface area contributed by atoms with E-state index in [1.807, 2.05) is 36.4 Å². The fourth-order valence-corrected chi connectivity index (χ4v) is 1.97. The van der Waals surface area contributed by atoms with Crippen LogP contribution in [0.3, 0.4) is 0 Å². The lowest BCUT2D eigenvalue weighted by Crippen LogP contribution is -2.18. The number of hydrogen-bond donors (Lipinski definition) is 1. The summed E-state index contributed by atoms with van der Waals surface area (Å²) >= 11 is 0. The first-order chi connectivity index (χ1) is 7.40. The largest absolute Gasteiger partial charge is 0.486 e. The molecule has 0 radical (unpaired) electrons. The van der Waals surface area contributed by atoms with Crippen LogP contribution in [-0.4, -0.2) is 17.5 Å². The molecule has 2 aromatic carbocycles. The Balaban J connectivity index is 2.46. The zero-order valence-electron chi connectivity index (χ0n) is 7.97. The predicted molar refractivity (Wildman–Crippen MR) is 57.8 cm³/mol. The van der Waals surface area contributed by atoms with Crippen molar-refractivity contribution in [2.24, 2.45) is 5.16 Å². The summed E-state index contributed by atoms with van der Waals surface area (Å²) in [5.74, 6) is 0.857. The van der Waals surface area contributed by atoms with E-state index >= 15 is 0 Å². The second-order valence-corrected chi connectivity index (χ2v) is 3.50. The second-order valence-electron chi connectivity index (χ2n) is 3.50. The van der Waals surface area contributed by atoms with Crippen molar-refractivity contribution in [2.45, 2.75) is 0 Å². The maximum absolute atomic E-state index is 8.88. The van der Waals surface area contributed by atoms with E-state index in [2.05, 4.69) is 5.16 Å². The van der Waals surface area contributed by atoms with Crippen LogP contribution in [0.1, 0.15) is 5.56 Å². The van der Waals surface area contributed by atoms with Crippen LogP contribution in [0.25, 0.3) is 10.8 Å². The minimum Gasteiger partial charge on any atom is -0.486 e. The Bertz CT molecular complexity index is 555. The highest BCUT2D eigenvalue weighted by molar-refractivity contribution is 6.14. The van der Waals surface area contributed by atoms with Crippen LogP contribution in [0.15, 0.2) is 41.6 Å². The number of ether oxygens (including phenoxy) is 1. The van der Waals surface area contributed by atoms with Gasteiger partial charge in [-0.05, 0) is 11.5 Å². The van der Waals surface area contributed by atoms with Crippen molar-refractivity contribution in [1.82, 2.24) is 0 Å². The van der Waals surface area contributed by atoms with Crippen molar-refractivity contribution in [2.75, 3.05) is 6.61 Å². The molecule has 0 aromatic heterocycles. The van der Waals surface area contributed by atoms with Crippen LogP contribution in [-0.2, 0) is 0 Å². The molecule has 15 heavy (non-hydrogen) atoms. The minimum atomic E-state index is 0.326. The molecule has 0 saturated carbocycles. The fraction of sp³-hybridized carbons (Fsp3) is 0.0833. The van der Waals surface area contributed by atoms with Crippen molar-refractivity contribution in [3.63, 3.8) is 0 Å². The summed E-state index contributed by atoms with van der Waals surface area (Å²) < 4.78 is 5.51. The Hall–Kier alpha value is -2.03. The molecule has 0 atom stereocenters. The Morgan fingerprint density at radius 1 is 1.13 bits per heavy atom. The molecule has 0 unspecified atom stereocenters. The van der Waals surface area contributed by atoms with Gasteiger partial charge in [-0.25, -0.2) is 0 Å². The Labute approximate surface area is 86.6 Å². The molecule has 0 bridgehead atoms. The molecule has 0 amide bonds. The zero-order chi connectivity index (χ0) is 10.3. The molecular formula is C12H9NO2. The summed E-state index contributed by atoms with van der Waals surface area (Å²) in [6.45, 7) is 0.326. The Morgan fingerprint density at radius 3 is 2.73 bits per heavy atom. The van der Waals surface area contributed by atoms with Gasteiger partial charge in [-0.3, -0.25) is 0 Å². The molecule has 0 spiro atoms. The van der Waals surface area contributed by atoms with Crippen molar-refractivity contribution in [3.8, 4) is 5.75 Å². The third kappa shape index (κ3) is 1.09. The molecule has 1 aliphatic heterocycles. The molecule has 1 heterocycles. The first kappa shape index (κ1) is 8.29. The average Bonchev–Trinajstić information content (AvgIpc) is 2.30. The van der Waals surface area contributed by atoms with Gasteiger partial charge in [0.25, 0.3) is 0 Å². The fourth-order valence-electron chi connectivity index (χ4n) is 1.97. The van der Waals surface area contributed by atoms with Gasteiger partial charge in [0.2, 0.25) is 0 Å². The van der Waals surface area contributed by atoms with Gasteiger partial charge >= 0.3 is 0 Å². The SMILES string of the molecule is O/N=C1/COc2cccc3cccc1c23. The molecule has 3 heteroatoms. The number of oxime groups is 1. The van der Waals surface area contributed by atoms with Gasteiger partial charge in [-0.2, -0.15) is 0 Å². The molecule has 1 N–H and O–H groups in total. The van der Waals surface area contributed by atoms with Gasteiger partial charge < -0.3 is 9.94 Å². The first-order valence-electron chi connectivity index (χ1n) is 4.76. The zero-order valence-corrected chi connectivity index (χ0v) is 7.97. The summed E-state index contributed by atoms with van der Waals surface area (Å²) in [6, 6.07) is 11.8. The van der Waals surface area contributed by atoms with Crippen molar-refractivity contribution >= 4 is 16.5 Å². The third-order valence-corrected chi connectivity index (χ3v) is 2.66. The minimum absolute atomic E-state index is 0.326. The Kier molecular flexibility index (Phi) is 1.65. The van der Waals surface area contributed by atoms with E-state index in [4.69, 9.17) is 9.94 Å². The predicted octanol–water partition coefficient (Wildman–Crippen LogP) is 2.41. The van der Waals surface area contributed by atoms with Gasteiger partial charge in [0, 0.05) is 10.9 Å². The van der Waals surface area contributed by atoms with Crippen LogP contribution >= 0.6 is 0 Å². The van der Waals surface area contributed by atoms with Gasteiger partial charge in [0.15, 0.2) is 0 Å². The highest BCUT2D eigenvalue weighted by Crippen LogP contribution is 2.32. The van der Waals surface area contributed by atoms with E-state index in [9.17, 15) is 0 Å². The summed E-state index contributed by atoms with van der Waals surface area (Å²) in [5.41, 5.74) is 1.54. The number of benzene rings is 2. The molecule has 2 aromatic rings. The monoisotopic (exact) mass is 199 g/mol. The van der Waals surface area contributed by atoms with Crippen LogP contribution < -0.4 is 4.74 Å². The van der Waals surface area contributed by atoms with Gasteiger partial charge in [-0.1, -0.05) is 35.5 Å². The highest BCUT2D eigenvalue weighted by Gasteiger charge is 2.18. The maximum atomic E-state index is 8.88. The third-order valence-electron chi connectivity index (χ3n) is 2.66. The van der Waals surface area contributed by atoms with E-state index in [1.54, 1.807) is 0 Å².